The van der Waals surface area contributed by atoms with Crippen molar-refractivity contribution < 1.29 is 9.21 Å². The molecule has 1 unspecified atom stereocenters. The average Bonchev–Trinajstić information content (AvgIpc) is 3.25. The molecular weight excluding hydrogens is 344 g/mol. The van der Waals surface area contributed by atoms with Crippen LogP contribution in [-0.4, -0.2) is 40.4 Å². The van der Waals surface area contributed by atoms with E-state index in [0.29, 0.717) is 18.2 Å². The van der Waals surface area contributed by atoms with Crippen molar-refractivity contribution in [2.75, 3.05) is 19.6 Å². The van der Waals surface area contributed by atoms with Crippen LogP contribution >= 0.6 is 0 Å². The molecule has 0 aliphatic carbocycles. The first kappa shape index (κ1) is 17.5. The van der Waals surface area contributed by atoms with Crippen LogP contribution < -0.4 is 10.9 Å². The Labute approximate surface area is 156 Å². The number of furan rings is 1. The van der Waals surface area contributed by atoms with E-state index >= 15 is 0 Å². The van der Waals surface area contributed by atoms with E-state index in [9.17, 15) is 9.59 Å². The number of hydrogen-bond donors (Lipinski definition) is 2. The van der Waals surface area contributed by atoms with Crippen LogP contribution in [0, 0.1) is 12.8 Å². The zero-order chi connectivity index (χ0) is 18.8. The Kier molecular flexibility index (Phi) is 4.77. The molecule has 1 atom stereocenters. The maximum Gasteiger partial charge on any atom is 0.262 e. The number of hydrogen-bond acceptors (Lipinski definition) is 5. The molecule has 1 aliphatic heterocycles. The highest BCUT2D eigenvalue weighted by molar-refractivity contribution is 6.06. The number of rotatable bonds is 5. The summed E-state index contributed by atoms with van der Waals surface area (Å²) in [6.07, 6.45) is 2.31. The van der Waals surface area contributed by atoms with E-state index in [2.05, 4.69) is 44.5 Å². The molecule has 0 saturated carbocycles. The average molecular weight is 366 g/mol. The first-order chi connectivity index (χ1) is 13.1. The number of carbonyl (C=O) groups is 1. The predicted octanol–water partition coefficient (Wildman–Crippen LogP) is 2.08. The Bertz CT molecular complexity index is 1010. The fourth-order valence-electron chi connectivity index (χ4n) is 3.72. The summed E-state index contributed by atoms with van der Waals surface area (Å²) in [6.45, 7) is 5.15. The third kappa shape index (κ3) is 3.64. The topological polar surface area (TPSA) is 91.2 Å². The lowest BCUT2D eigenvalue weighted by Gasteiger charge is -2.16. The standard InChI is InChI=1S/C20H22N4O3/c1-13-16(17-19(26)22-12-23-20(17)27-13)18(25)21-9-15-7-8-24(11-15)10-14-5-3-2-4-6-14/h2-6,12,15H,7-11H2,1H3,(H,21,25)(H,22,23,26). The highest BCUT2D eigenvalue weighted by atomic mass is 16.3. The number of H-pyrrole nitrogens is 1. The maximum absolute atomic E-state index is 12.7. The quantitative estimate of drug-likeness (QED) is 0.721. The molecule has 3 aromatic rings. The normalized spacial score (nSPS) is 17.4. The van der Waals surface area contributed by atoms with E-state index in [0.717, 1.165) is 26.1 Å². The molecule has 27 heavy (non-hydrogen) atoms. The van der Waals surface area contributed by atoms with E-state index in [1.165, 1.54) is 11.9 Å². The van der Waals surface area contributed by atoms with Gasteiger partial charge in [0.15, 0.2) is 0 Å². The SMILES string of the molecule is Cc1oc2nc[nH]c(=O)c2c1C(=O)NCC1CCN(Cc2ccccc2)C1. The number of benzene rings is 1. The fraction of sp³-hybridized carbons (Fsp3) is 0.350. The third-order valence-electron chi connectivity index (χ3n) is 5.07. The minimum absolute atomic E-state index is 0.191. The van der Waals surface area contributed by atoms with Gasteiger partial charge in [0.25, 0.3) is 11.5 Å². The summed E-state index contributed by atoms with van der Waals surface area (Å²) in [4.78, 5) is 33.6. The lowest BCUT2D eigenvalue weighted by molar-refractivity contribution is 0.0947. The summed E-state index contributed by atoms with van der Waals surface area (Å²) in [6, 6.07) is 10.4. The van der Waals surface area contributed by atoms with Gasteiger partial charge < -0.3 is 14.7 Å². The number of aromatic amines is 1. The third-order valence-corrected chi connectivity index (χ3v) is 5.07. The van der Waals surface area contributed by atoms with E-state index in [1.807, 2.05) is 6.07 Å². The molecule has 3 heterocycles. The van der Waals surface area contributed by atoms with Crippen LogP contribution in [0.3, 0.4) is 0 Å². The zero-order valence-corrected chi connectivity index (χ0v) is 15.2. The smallest absolute Gasteiger partial charge is 0.262 e. The van der Waals surface area contributed by atoms with Crippen LogP contribution in [0.1, 0.15) is 28.1 Å². The molecule has 140 valence electrons. The van der Waals surface area contributed by atoms with Crippen LogP contribution in [0.25, 0.3) is 11.1 Å². The van der Waals surface area contributed by atoms with Gasteiger partial charge in [0.1, 0.15) is 11.1 Å². The summed E-state index contributed by atoms with van der Waals surface area (Å²) < 4.78 is 5.46. The molecule has 7 nitrogen and oxygen atoms in total. The molecule has 0 radical (unpaired) electrons. The van der Waals surface area contributed by atoms with Crippen LogP contribution in [0.2, 0.25) is 0 Å². The molecule has 2 aromatic heterocycles. The van der Waals surface area contributed by atoms with Crippen molar-refractivity contribution >= 4 is 17.0 Å². The van der Waals surface area contributed by atoms with Gasteiger partial charge in [-0.15, -0.1) is 0 Å². The summed E-state index contributed by atoms with van der Waals surface area (Å²) in [5.41, 5.74) is 1.40. The number of aryl methyl sites for hydroxylation is 1. The van der Waals surface area contributed by atoms with Crippen molar-refractivity contribution in [2.24, 2.45) is 5.92 Å². The Morgan fingerprint density at radius 3 is 3.00 bits per heavy atom. The van der Waals surface area contributed by atoms with Crippen LogP contribution in [0.4, 0.5) is 0 Å². The van der Waals surface area contributed by atoms with Gasteiger partial charge in [0, 0.05) is 19.6 Å². The highest BCUT2D eigenvalue weighted by Crippen LogP contribution is 2.21. The molecular formula is C20H22N4O3. The van der Waals surface area contributed by atoms with E-state index in [1.54, 1.807) is 6.92 Å². The Hall–Kier alpha value is -2.93. The van der Waals surface area contributed by atoms with Gasteiger partial charge in [0.05, 0.1) is 11.9 Å². The fourth-order valence-corrected chi connectivity index (χ4v) is 3.72. The van der Waals surface area contributed by atoms with Gasteiger partial charge in [-0.1, -0.05) is 30.3 Å². The minimum Gasteiger partial charge on any atom is -0.442 e. The molecule has 2 N–H and O–H groups in total. The molecule has 0 bridgehead atoms. The van der Waals surface area contributed by atoms with Crippen molar-refractivity contribution in [3.63, 3.8) is 0 Å². The number of nitrogens with zero attached hydrogens (tertiary/aromatic N) is 2. The highest BCUT2D eigenvalue weighted by Gasteiger charge is 2.25. The van der Waals surface area contributed by atoms with Crippen molar-refractivity contribution in [1.29, 1.82) is 0 Å². The molecule has 1 amide bonds. The van der Waals surface area contributed by atoms with Crippen LogP contribution in [0.5, 0.6) is 0 Å². The summed E-state index contributed by atoms with van der Waals surface area (Å²) in [5, 5.41) is 3.18. The molecule has 7 heteroatoms. The molecule has 4 rings (SSSR count). The number of likely N-dealkylation sites (tertiary alicyclic amines) is 1. The van der Waals surface area contributed by atoms with E-state index < -0.39 is 0 Å². The predicted molar refractivity (Wildman–Crippen MR) is 102 cm³/mol. The lowest BCUT2D eigenvalue weighted by atomic mass is 10.1. The molecule has 1 saturated heterocycles. The van der Waals surface area contributed by atoms with Gasteiger partial charge in [-0.2, -0.15) is 0 Å². The molecule has 1 fully saturated rings. The number of amides is 1. The van der Waals surface area contributed by atoms with Gasteiger partial charge >= 0.3 is 0 Å². The zero-order valence-electron chi connectivity index (χ0n) is 15.2. The lowest BCUT2D eigenvalue weighted by Crippen LogP contribution is -2.31. The van der Waals surface area contributed by atoms with Crippen molar-refractivity contribution in [3.05, 3.63) is 63.9 Å². The van der Waals surface area contributed by atoms with Gasteiger partial charge in [-0.25, -0.2) is 4.98 Å². The summed E-state index contributed by atoms with van der Waals surface area (Å²) >= 11 is 0. The number of fused-ring (bicyclic) bond motifs is 1. The van der Waals surface area contributed by atoms with Crippen LogP contribution in [0.15, 0.2) is 45.9 Å². The Morgan fingerprint density at radius 1 is 1.37 bits per heavy atom. The minimum atomic E-state index is -0.364. The molecule has 1 aromatic carbocycles. The van der Waals surface area contributed by atoms with E-state index in [4.69, 9.17) is 4.42 Å². The van der Waals surface area contributed by atoms with Gasteiger partial charge in [-0.05, 0) is 31.4 Å². The second-order valence-corrected chi connectivity index (χ2v) is 7.03. The second-order valence-electron chi connectivity index (χ2n) is 7.03. The second kappa shape index (κ2) is 7.36. The van der Waals surface area contributed by atoms with Crippen molar-refractivity contribution in [3.8, 4) is 0 Å². The van der Waals surface area contributed by atoms with Crippen LogP contribution in [-0.2, 0) is 6.54 Å². The Balaban J connectivity index is 1.38. The molecule has 0 spiro atoms. The first-order valence-electron chi connectivity index (χ1n) is 9.13. The number of nitrogens with one attached hydrogen (secondary N) is 2. The monoisotopic (exact) mass is 366 g/mol. The maximum atomic E-state index is 12.7. The number of aromatic nitrogens is 2. The summed E-state index contributed by atoms with van der Waals surface area (Å²) in [7, 11) is 0. The largest absolute Gasteiger partial charge is 0.442 e. The van der Waals surface area contributed by atoms with Gasteiger partial charge in [-0.3, -0.25) is 14.5 Å². The number of carbonyl (C=O) groups excluding carboxylic acids is 1. The molecule has 1 aliphatic rings. The van der Waals surface area contributed by atoms with Gasteiger partial charge in [0.2, 0.25) is 5.71 Å². The van der Waals surface area contributed by atoms with E-state index in [-0.39, 0.29) is 28.1 Å². The van der Waals surface area contributed by atoms with Crippen molar-refractivity contribution in [2.45, 2.75) is 19.9 Å². The Morgan fingerprint density at radius 2 is 2.19 bits per heavy atom. The first-order valence-corrected chi connectivity index (χ1v) is 9.13. The van der Waals surface area contributed by atoms with Crippen molar-refractivity contribution in [1.82, 2.24) is 20.2 Å². The summed E-state index contributed by atoms with van der Waals surface area (Å²) in [5.74, 6) is 0.516.